The van der Waals surface area contributed by atoms with Crippen LogP contribution in [0.15, 0.2) is 18.2 Å². The van der Waals surface area contributed by atoms with Crippen molar-refractivity contribution in [2.45, 2.75) is 74.4 Å². The number of aliphatic hydroxyl groups excluding tert-OH is 7. The lowest BCUT2D eigenvalue weighted by Gasteiger charge is -2.42. The second kappa shape index (κ2) is 10.8. The van der Waals surface area contributed by atoms with Crippen LogP contribution in [-0.2, 0) is 18.9 Å². The van der Waals surface area contributed by atoms with E-state index in [1.807, 2.05) is 0 Å². The van der Waals surface area contributed by atoms with E-state index < -0.39 is 86.5 Å². The van der Waals surface area contributed by atoms with E-state index in [-0.39, 0.29) is 11.3 Å². The molecule has 11 atom stereocenters. The van der Waals surface area contributed by atoms with Gasteiger partial charge in [-0.25, -0.2) is 0 Å². The summed E-state index contributed by atoms with van der Waals surface area (Å²) in [5.74, 6) is -0.823. The van der Waals surface area contributed by atoms with E-state index >= 15 is 0 Å². The molecule has 13 heteroatoms. The van der Waals surface area contributed by atoms with Gasteiger partial charge in [0.15, 0.2) is 24.1 Å². The SMILES string of the molecule is C[C@@H]1O[C@H](OC[C@@H]2O[C@H](OC[C@H](O)c3ccc(O)c(O)c3)[C@H](O)[C@H](O)[C@H]2O)[C@@H](O)[C@@H](O)[C@@H]1O. The molecule has 2 saturated heterocycles. The molecule has 0 amide bonds. The molecule has 1 aromatic rings. The molecule has 9 N–H and O–H groups in total. The molecule has 0 saturated carbocycles. The maximum Gasteiger partial charge on any atom is 0.186 e. The first-order chi connectivity index (χ1) is 15.5. The third-order valence-corrected chi connectivity index (χ3v) is 5.70. The fraction of sp³-hybridized carbons (Fsp3) is 0.700. The van der Waals surface area contributed by atoms with Crippen LogP contribution in [0.4, 0.5) is 0 Å². The van der Waals surface area contributed by atoms with E-state index in [1.54, 1.807) is 0 Å². The highest BCUT2D eigenvalue weighted by Gasteiger charge is 2.47. The lowest BCUT2D eigenvalue weighted by Crippen LogP contribution is -2.61. The van der Waals surface area contributed by atoms with Gasteiger partial charge >= 0.3 is 0 Å². The van der Waals surface area contributed by atoms with Crippen molar-refractivity contribution in [3.63, 3.8) is 0 Å². The van der Waals surface area contributed by atoms with Gasteiger partial charge in [-0.15, -0.1) is 0 Å². The summed E-state index contributed by atoms with van der Waals surface area (Å²) in [4.78, 5) is 0. The van der Waals surface area contributed by atoms with Gasteiger partial charge in [0, 0.05) is 0 Å². The first kappa shape index (κ1) is 26.0. The molecular formula is C20H30O13. The minimum absolute atomic E-state index is 0.203. The zero-order chi connectivity index (χ0) is 24.4. The molecule has 0 aliphatic carbocycles. The summed E-state index contributed by atoms with van der Waals surface area (Å²) in [7, 11) is 0. The number of aliphatic hydroxyl groups is 7. The second-order valence-corrected chi connectivity index (χ2v) is 8.13. The van der Waals surface area contributed by atoms with E-state index in [0.717, 1.165) is 6.07 Å². The molecule has 0 aromatic heterocycles. The zero-order valence-corrected chi connectivity index (χ0v) is 17.7. The van der Waals surface area contributed by atoms with Crippen LogP contribution in [0.25, 0.3) is 0 Å². The Kier molecular flexibility index (Phi) is 8.47. The minimum Gasteiger partial charge on any atom is -0.504 e. The van der Waals surface area contributed by atoms with Crippen LogP contribution >= 0.6 is 0 Å². The van der Waals surface area contributed by atoms with Gasteiger partial charge in [0.1, 0.15) is 48.8 Å². The topological polar surface area (TPSA) is 219 Å². The molecule has 0 radical (unpaired) electrons. The van der Waals surface area contributed by atoms with Crippen molar-refractivity contribution in [3.05, 3.63) is 23.8 Å². The largest absolute Gasteiger partial charge is 0.504 e. The minimum atomic E-state index is -1.70. The summed E-state index contributed by atoms with van der Waals surface area (Å²) in [5, 5.41) is 89.3. The van der Waals surface area contributed by atoms with Crippen LogP contribution in [0.5, 0.6) is 11.5 Å². The highest BCUT2D eigenvalue weighted by atomic mass is 16.7. The van der Waals surface area contributed by atoms with Gasteiger partial charge in [0.2, 0.25) is 0 Å². The van der Waals surface area contributed by atoms with E-state index in [2.05, 4.69) is 0 Å². The zero-order valence-electron chi connectivity index (χ0n) is 17.7. The van der Waals surface area contributed by atoms with Crippen LogP contribution in [0.2, 0.25) is 0 Å². The Labute approximate surface area is 188 Å². The fourth-order valence-corrected chi connectivity index (χ4v) is 3.56. The van der Waals surface area contributed by atoms with Gasteiger partial charge in [-0.1, -0.05) is 6.07 Å². The van der Waals surface area contributed by atoms with Crippen LogP contribution in [-0.4, -0.2) is 121 Å². The first-order valence-corrected chi connectivity index (χ1v) is 10.3. The molecule has 1 aromatic carbocycles. The lowest BCUT2D eigenvalue weighted by atomic mass is 9.98. The van der Waals surface area contributed by atoms with Crippen molar-refractivity contribution in [1.29, 1.82) is 0 Å². The average molecular weight is 478 g/mol. The van der Waals surface area contributed by atoms with Crippen LogP contribution in [0, 0.1) is 0 Å². The van der Waals surface area contributed by atoms with E-state index in [1.165, 1.54) is 19.1 Å². The third kappa shape index (κ3) is 5.72. The number of hydrogen-bond donors (Lipinski definition) is 9. The number of phenolic OH excluding ortho intramolecular Hbond substituents is 2. The number of rotatable bonds is 7. The molecule has 33 heavy (non-hydrogen) atoms. The van der Waals surface area contributed by atoms with Gasteiger partial charge in [-0.05, 0) is 24.6 Å². The molecule has 0 unspecified atom stereocenters. The quantitative estimate of drug-likeness (QED) is 0.177. The van der Waals surface area contributed by atoms with Crippen LogP contribution in [0.3, 0.4) is 0 Å². The monoisotopic (exact) mass is 478 g/mol. The Morgan fingerprint density at radius 3 is 2.03 bits per heavy atom. The summed E-state index contributed by atoms with van der Waals surface area (Å²) >= 11 is 0. The van der Waals surface area contributed by atoms with Crippen molar-refractivity contribution in [2.24, 2.45) is 0 Å². The molecule has 0 spiro atoms. The Bertz CT molecular complexity index is 778. The molecule has 188 valence electrons. The Morgan fingerprint density at radius 1 is 0.788 bits per heavy atom. The highest BCUT2D eigenvalue weighted by molar-refractivity contribution is 5.41. The van der Waals surface area contributed by atoms with Crippen molar-refractivity contribution in [1.82, 2.24) is 0 Å². The highest BCUT2D eigenvalue weighted by Crippen LogP contribution is 2.29. The standard InChI is InChI=1S/C20H30O13/c1-7-13(24)15(26)17(28)19(32-7)31-6-12-14(25)16(27)18(29)20(33-12)30-5-11(23)8-2-3-9(21)10(22)4-8/h2-4,7,11-29H,5-6H2,1H3/t7-,11-,12-,13+,14-,15-,16+,17-,18+,19-,20-/m0/s1. The number of hydrogen-bond acceptors (Lipinski definition) is 13. The van der Waals surface area contributed by atoms with Crippen molar-refractivity contribution >= 4 is 0 Å². The maximum atomic E-state index is 10.2. The van der Waals surface area contributed by atoms with Crippen LogP contribution < -0.4 is 0 Å². The summed E-state index contributed by atoms with van der Waals surface area (Å²) in [6.45, 7) is 0.579. The number of aromatic hydroxyl groups is 2. The molecule has 3 rings (SSSR count). The van der Waals surface area contributed by atoms with Gasteiger partial charge in [-0.3, -0.25) is 0 Å². The van der Waals surface area contributed by atoms with Gasteiger partial charge < -0.3 is 64.9 Å². The average Bonchev–Trinajstić information content (AvgIpc) is 2.79. The second-order valence-electron chi connectivity index (χ2n) is 8.13. The van der Waals surface area contributed by atoms with E-state index in [0.29, 0.717) is 0 Å². The van der Waals surface area contributed by atoms with Gasteiger partial charge in [0.25, 0.3) is 0 Å². The smallest absolute Gasteiger partial charge is 0.186 e. The van der Waals surface area contributed by atoms with E-state index in [4.69, 9.17) is 18.9 Å². The summed E-state index contributed by atoms with van der Waals surface area (Å²) in [5.41, 5.74) is 0.203. The Balaban J connectivity index is 1.58. The van der Waals surface area contributed by atoms with Gasteiger partial charge in [-0.2, -0.15) is 0 Å². The Morgan fingerprint density at radius 2 is 1.39 bits per heavy atom. The summed E-state index contributed by atoms with van der Waals surface area (Å²) in [6, 6.07) is 3.64. The van der Waals surface area contributed by atoms with Gasteiger partial charge in [0.05, 0.1) is 19.3 Å². The fourth-order valence-electron chi connectivity index (χ4n) is 3.56. The van der Waals surface area contributed by atoms with Crippen molar-refractivity contribution < 1.29 is 64.9 Å². The predicted octanol–water partition coefficient (Wildman–Crippen LogP) is -3.20. The number of phenols is 2. The molecule has 2 fully saturated rings. The van der Waals surface area contributed by atoms with E-state index in [9.17, 15) is 46.0 Å². The van der Waals surface area contributed by atoms with Crippen molar-refractivity contribution in [3.8, 4) is 11.5 Å². The first-order valence-electron chi connectivity index (χ1n) is 10.3. The third-order valence-electron chi connectivity index (χ3n) is 5.70. The van der Waals surface area contributed by atoms with Crippen molar-refractivity contribution in [2.75, 3.05) is 13.2 Å². The maximum absolute atomic E-state index is 10.2. The molecule has 13 nitrogen and oxygen atoms in total. The summed E-state index contributed by atoms with van der Waals surface area (Å²) in [6.07, 6.45) is -15.7. The summed E-state index contributed by atoms with van der Waals surface area (Å²) < 4.78 is 21.5. The van der Waals surface area contributed by atoms with Crippen LogP contribution in [0.1, 0.15) is 18.6 Å². The Hall–Kier alpha value is -1.62. The number of ether oxygens (including phenoxy) is 4. The predicted molar refractivity (Wildman–Crippen MR) is 106 cm³/mol. The molecule has 2 aliphatic heterocycles. The number of benzene rings is 1. The normalized spacial score (nSPS) is 40.5. The molecular weight excluding hydrogens is 448 g/mol. The molecule has 0 bridgehead atoms. The molecule has 2 aliphatic rings. The molecule has 2 heterocycles. The lowest BCUT2D eigenvalue weighted by molar-refractivity contribution is -0.329.